The lowest BCUT2D eigenvalue weighted by molar-refractivity contribution is 0.0944. The van der Waals surface area contributed by atoms with Gasteiger partial charge in [0.1, 0.15) is 0 Å². The predicted molar refractivity (Wildman–Crippen MR) is 148 cm³/mol. The third-order valence-corrected chi connectivity index (χ3v) is 7.63. The quantitative estimate of drug-likeness (QED) is 0.198. The summed E-state index contributed by atoms with van der Waals surface area (Å²) >= 11 is 18.7. The van der Waals surface area contributed by atoms with Crippen molar-refractivity contribution in [1.82, 2.24) is 15.1 Å². The molecule has 0 fully saturated rings. The van der Waals surface area contributed by atoms with Crippen LogP contribution in [0.2, 0.25) is 15.1 Å². The zero-order valence-corrected chi connectivity index (χ0v) is 22.8. The van der Waals surface area contributed by atoms with Gasteiger partial charge >= 0.3 is 0 Å². The van der Waals surface area contributed by atoms with Gasteiger partial charge in [0.25, 0.3) is 5.91 Å². The van der Waals surface area contributed by atoms with E-state index in [0.717, 1.165) is 48.9 Å². The van der Waals surface area contributed by atoms with Crippen molar-refractivity contribution >= 4 is 40.7 Å². The Hall–Kier alpha value is -2.27. The molecule has 0 aliphatic carbocycles. The summed E-state index contributed by atoms with van der Waals surface area (Å²) in [6.45, 7) is 10.9. The highest BCUT2D eigenvalue weighted by Crippen LogP contribution is 2.36. The third kappa shape index (κ3) is 6.30. The van der Waals surface area contributed by atoms with Crippen LogP contribution < -0.4 is 5.32 Å². The Morgan fingerprint density at radius 1 is 1.09 bits per heavy atom. The molecule has 3 rings (SSSR count). The summed E-state index contributed by atoms with van der Waals surface area (Å²) in [6.07, 6.45) is 7.12. The van der Waals surface area contributed by atoms with Crippen LogP contribution in [0.3, 0.4) is 0 Å². The van der Waals surface area contributed by atoms with Crippen LogP contribution in [-0.2, 0) is 0 Å². The van der Waals surface area contributed by atoms with Gasteiger partial charge in [-0.15, -0.1) is 6.58 Å². The van der Waals surface area contributed by atoms with Crippen molar-refractivity contribution in [2.24, 2.45) is 5.41 Å². The van der Waals surface area contributed by atoms with Gasteiger partial charge in [-0.05, 0) is 61.9 Å². The molecule has 0 spiro atoms. The van der Waals surface area contributed by atoms with Gasteiger partial charge in [-0.2, -0.15) is 5.10 Å². The third-order valence-electron chi connectivity index (χ3n) is 6.84. The number of nitrogens with one attached hydrogen (secondary N) is 1. The van der Waals surface area contributed by atoms with Crippen molar-refractivity contribution in [1.29, 1.82) is 0 Å². The summed E-state index contributed by atoms with van der Waals surface area (Å²) in [6, 6.07) is 12.7. The van der Waals surface area contributed by atoms with Crippen LogP contribution >= 0.6 is 34.8 Å². The highest BCUT2D eigenvalue weighted by Gasteiger charge is 2.25. The molecule has 3 aromatic rings. The summed E-state index contributed by atoms with van der Waals surface area (Å²) in [5.41, 5.74) is 3.67. The zero-order valence-electron chi connectivity index (χ0n) is 20.5. The number of halogens is 3. The lowest BCUT2D eigenvalue weighted by Crippen LogP contribution is -2.27. The molecule has 186 valence electrons. The van der Waals surface area contributed by atoms with E-state index in [0.29, 0.717) is 33.0 Å². The smallest absolute Gasteiger partial charge is 0.272 e. The number of carbonyl (C=O) groups is 1. The molecule has 0 radical (unpaired) electrons. The molecular formula is C28H32Cl3N3O. The molecule has 0 aliphatic rings. The van der Waals surface area contributed by atoms with Crippen LogP contribution in [0.5, 0.6) is 0 Å². The van der Waals surface area contributed by atoms with Gasteiger partial charge in [-0.1, -0.05) is 79.7 Å². The summed E-state index contributed by atoms with van der Waals surface area (Å²) in [4.78, 5) is 13.2. The van der Waals surface area contributed by atoms with E-state index in [2.05, 4.69) is 30.8 Å². The molecule has 7 heteroatoms. The molecule has 1 heterocycles. The largest absolute Gasteiger partial charge is 0.351 e. The van der Waals surface area contributed by atoms with Crippen LogP contribution in [0.1, 0.15) is 62.0 Å². The minimum atomic E-state index is -0.205. The second kappa shape index (κ2) is 12.1. The number of carbonyl (C=O) groups excluding carboxylic acids is 1. The summed E-state index contributed by atoms with van der Waals surface area (Å²) in [5, 5.41) is 9.36. The van der Waals surface area contributed by atoms with E-state index in [1.54, 1.807) is 22.9 Å². The molecule has 0 bridgehead atoms. The van der Waals surface area contributed by atoms with E-state index in [1.165, 1.54) is 0 Å². The molecule has 2 aromatic carbocycles. The Bertz CT molecular complexity index is 1180. The molecule has 0 saturated carbocycles. The minimum absolute atomic E-state index is 0.205. The second-order valence-electron chi connectivity index (χ2n) is 8.90. The van der Waals surface area contributed by atoms with E-state index < -0.39 is 0 Å². The van der Waals surface area contributed by atoms with Crippen molar-refractivity contribution in [3.63, 3.8) is 0 Å². The van der Waals surface area contributed by atoms with Crippen molar-refractivity contribution in [3.05, 3.63) is 81.4 Å². The number of hydrogen-bond acceptors (Lipinski definition) is 2. The van der Waals surface area contributed by atoms with Crippen molar-refractivity contribution < 1.29 is 4.79 Å². The van der Waals surface area contributed by atoms with Crippen molar-refractivity contribution in [2.45, 2.75) is 52.9 Å². The number of rotatable bonds is 11. The standard InChI is InChI=1S/C28H32Cl3N3O/c1-5-15-28(6-2,7-3)16-8-17-32-27(35)25-19(4)26(20-9-11-21(29)12-10-20)34(33-25)24-14-13-22(30)18-23(24)31/h5,9-14,18H,1,6-8,15-17H2,2-4H3,(H,32,35). The number of allylic oxidation sites excluding steroid dienone is 1. The maximum absolute atomic E-state index is 13.2. The first-order chi connectivity index (χ1) is 16.7. The van der Waals surface area contributed by atoms with E-state index in [-0.39, 0.29) is 11.3 Å². The Morgan fingerprint density at radius 3 is 2.34 bits per heavy atom. The molecule has 0 aliphatic heterocycles. The maximum Gasteiger partial charge on any atom is 0.272 e. The van der Waals surface area contributed by atoms with E-state index >= 15 is 0 Å². The first-order valence-electron chi connectivity index (χ1n) is 11.9. The normalized spacial score (nSPS) is 11.5. The highest BCUT2D eigenvalue weighted by atomic mass is 35.5. The fraction of sp³-hybridized carbons (Fsp3) is 0.357. The number of benzene rings is 2. The average molecular weight is 533 g/mol. The first-order valence-corrected chi connectivity index (χ1v) is 13.1. The Kier molecular flexibility index (Phi) is 9.46. The van der Waals surface area contributed by atoms with Gasteiger partial charge in [-0.25, -0.2) is 4.68 Å². The van der Waals surface area contributed by atoms with Crippen LogP contribution in [0.15, 0.2) is 55.1 Å². The monoisotopic (exact) mass is 531 g/mol. The topological polar surface area (TPSA) is 46.9 Å². The lowest BCUT2D eigenvalue weighted by Gasteiger charge is -2.30. The van der Waals surface area contributed by atoms with Crippen LogP contribution in [0.25, 0.3) is 16.9 Å². The number of amides is 1. The van der Waals surface area contributed by atoms with Crippen LogP contribution in [-0.4, -0.2) is 22.2 Å². The second-order valence-corrected chi connectivity index (χ2v) is 10.2. The summed E-state index contributed by atoms with van der Waals surface area (Å²) < 4.78 is 1.70. The van der Waals surface area contributed by atoms with Crippen molar-refractivity contribution in [2.75, 3.05) is 6.54 Å². The van der Waals surface area contributed by atoms with Crippen molar-refractivity contribution in [3.8, 4) is 16.9 Å². The average Bonchev–Trinajstić information content (AvgIpc) is 3.18. The molecule has 0 saturated heterocycles. The molecule has 1 amide bonds. The zero-order chi connectivity index (χ0) is 25.6. The molecule has 35 heavy (non-hydrogen) atoms. The number of hydrogen-bond donors (Lipinski definition) is 1. The van der Waals surface area contributed by atoms with Crippen LogP contribution in [0.4, 0.5) is 0 Å². The van der Waals surface area contributed by atoms with Gasteiger partial charge < -0.3 is 5.32 Å². The fourth-order valence-electron chi connectivity index (χ4n) is 4.54. The van der Waals surface area contributed by atoms with Gasteiger partial charge in [0.2, 0.25) is 0 Å². The fourth-order valence-corrected chi connectivity index (χ4v) is 5.15. The highest BCUT2D eigenvalue weighted by molar-refractivity contribution is 6.35. The number of aromatic nitrogens is 2. The van der Waals surface area contributed by atoms with E-state index in [1.807, 2.05) is 37.3 Å². The molecule has 4 nitrogen and oxygen atoms in total. The van der Waals surface area contributed by atoms with Gasteiger partial charge in [0.15, 0.2) is 5.69 Å². The maximum atomic E-state index is 13.2. The molecule has 0 atom stereocenters. The Balaban J connectivity index is 1.89. The first kappa shape index (κ1) is 27.3. The van der Waals surface area contributed by atoms with Crippen LogP contribution in [0, 0.1) is 12.3 Å². The van der Waals surface area contributed by atoms with E-state index in [9.17, 15) is 4.79 Å². The Labute approximate surface area is 223 Å². The molecule has 1 aromatic heterocycles. The molecule has 1 N–H and O–H groups in total. The summed E-state index contributed by atoms with van der Waals surface area (Å²) in [7, 11) is 0. The number of nitrogens with zero attached hydrogens (tertiary/aromatic N) is 2. The Morgan fingerprint density at radius 2 is 1.74 bits per heavy atom. The predicted octanol–water partition coefficient (Wildman–Crippen LogP) is 8.70. The van der Waals surface area contributed by atoms with Gasteiger partial charge in [0.05, 0.1) is 16.4 Å². The molecular weight excluding hydrogens is 501 g/mol. The SMILES string of the molecule is C=CCC(CC)(CC)CCCNC(=O)c1nn(-c2ccc(Cl)cc2Cl)c(-c2ccc(Cl)cc2)c1C. The summed E-state index contributed by atoms with van der Waals surface area (Å²) in [5.74, 6) is -0.205. The lowest BCUT2D eigenvalue weighted by atomic mass is 9.75. The van der Waals surface area contributed by atoms with Gasteiger partial charge in [0, 0.05) is 27.7 Å². The minimum Gasteiger partial charge on any atom is -0.351 e. The van der Waals surface area contributed by atoms with Gasteiger partial charge in [-0.3, -0.25) is 4.79 Å². The van der Waals surface area contributed by atoms with E-state index in [4.69, 9.17) is 34.8 Å². The molecule has 0 unspecified atom stereocenters.